The maximum absolute atomic E-state index is 7.38. The van der Waals surface area contributed by atoms with Gasteiger partial charge in [-0.1, -0.05) is 108 Å². The molecule has 0 amide bonds. The van der Waals surface area contributed by atoms with Crippen LogP contribution >= 0.6 is 0 Å². The Kier molecular flexibility index (Phi) is 11.8. The van der Waals surface area contributed by atoms with Crippen molar-refractivity contribution in [3.63, 3.8) is 0 Å². The van der Waals surface area contributed by atoms with Gasteiger partial charge >= 0.3 is 0 Å². The molecular formula is C35H56O4Si2. The van der Waals surface area contributed by atoms with E-state index in [9.17, 15) is 0 Å². The van der Waals surface area contributed by atoms with Crippen LogP contribution in [0, 0.1) is 0 Å². The normalized spacial score (nSPS) is 17.0. The highest BCUT2D eigenvalue weighted by Gasteiger charge is 2.51. The van der Waals surface area contributed by atoms with Crippen molar-refractivity contribution in [1.29, 1.82) is 0 Å². The summed E-state index contributed by atoms with van der Waals surface area (Å²) in [6, 6.07) is 21.8. The van der Waals surface area contributed by atoms with Crippen molar-refractivity contribution < 1.29 is 18.3 Å². The van der Waals surface area contributed by atoms with Gasteiger partial charge in [-0.15, -0.1) is 6.58 Å². The molecule has 0 N–H and O–H groups in total. The van der Waals surface area contributed by atoms with Crippen LogP contribution < -0.4 is 10.4 Å². The van der Waals surface area contributed by atoms with Crippen molar-refractivity contribution in [2.75, 3.05) is 19.8 Å². The smallest absolute Gasteiger partial charge is 0.261 e. The number of rotatable bonds is 15. The van der Waals surface area contributed by atoms with Gasteiger partial charge in [0.2, 0.25) is 0 Å². The van der Waals surface area contributed by atoms with Gasteiger partial charge in [0.25, 0.3) is 8.32 Å². The highest BCUT2D eigenvalue weighted by Crippen LogP contribution is 2.40. The minimum Gasteiger partial charge on any atom is -0.412 e. The number of benzene rings is 2. The zero-order valence-electron chi connectivity index (χ0n) is 27.1. The Bertz CT molecular complexity index is 1010. The number of unbranched alkanes of at least 4 members (excludes halogenated alkanes) is 1. The van der Waals surface area contributed by atoms with Crippen LogP contribution in [-0.4, -0.2) is 48.3 Å². The Morgan fingerprint density at radius 1 is 0.829 bits per heavy atom. The Labute approximate surface area is 253 Å². The van der Waals surface area contributed by atoms with Crippen LogP contribution in [0.1, 0.15) is 80.1 Å². The molecule has 6 heteroatoms. The third kappa shape index (κ3) is 8.52. The van der Waals surface area contributed by atoms with Gasteiger partial charge in [0.05, 0.1) is 25.9 Å². The Morgan fingerprint density at radius 2 is 1.34 bits per heavy atom. The van der Waals surface area contributed by atoms with E-state index in [4.69, 9.17) is 18.3 Å². The molecule has 2 aromatic rings. The molecule has 228 valence electrons. The van der Waals surface area contributed by atoms with Crippen molar-refractivity contribution in [3.05, 3.63) is 73.3 Å². The first kappa shape index (κ1) is 33.9. The minimum atomic E-state index is -2.66. The number of hydrogen-bond donors (Lipinski definition) is 0. The highest BCUT2D eigenvalue weighted by atomic mass is 28.4. The lowest BCUT2D eigenvalue weighted by Gasteiger charge is -2.45. The molecule has 1 saturated heterocycles. The highest BCUT2D eigenvalue weighted by molar-refractivity contribution is 6.99. The lowest BCUT2D eigenvalue weighted by molar-refractivity contribution is -0.169. The summed E-state index contributed by atoms with van der Waals surface area (Å²) in [7, 11) is -4.69. The molecule has 0 aromatic heterocycles. The lowest BCUT2D eigenvalue weighted by Crippen LogP contribution is -2.67. The largest absolute Gasteiger partial charge is 0.412 e. The van der Waals surface area contributed by atoms with E-state index in [0.29, 0.717) is 19.8 Å². The second-order valence-corrected chi connectivity index (χ2v) is 23.2. The summed E-state index contributed by atoms with van der Waals surface area (Å²) in [6.45, 7) is 24.5. The Morgan fingerprint density at radius 3 is 1.80 bits per heavy atom. The summed E-state index contributed by atoms with van der Waals surface area (Å²) in [5.74, 6) is -0.469. The summed E-state index contributed by atoms with van der Waals surface area (Å²) in [5.41, 5.74) is 0. The number of ether oxygens (including phenoxy) is 2. The van der Waals surface area contributed by atoms with Gasteiger partial charge in [-0.3, -0.25) is 0 Å². The fourth-order valence-corrected chi connectivity index (χ4v) is 11.7. The molecule has 1 heterocycles. The standard InChI is InChI=1S/C35H56O4Si2/c1-10-11-18-25-35(36-27-28-37-35)26-19-20-30(39-40(8,9)33(2,3)4)29-38-41(34(5,6)7,31-21-14-12-15-22-31)32-23-16-13-17-24-32/h10,12-17,21-24,30H,1,11,18-20,25-29H2,2-9H3/t30-/m0/s1. The SMILES string of the molecule is C=CCCCC1(CCC[C@@H](CO[Si](c2ccccc2)(c2ccccc2)C(C)(C)C)O[Si](C)(C)C(C)(C)C)OCCO1. The average molecular weight is 597 g/mol. The van der Waals surface area contributed by atoms with Gasteiger partial charge < -0.3 is 18.3 Å². The van der Waals surface area contributed by atoms with E-state index in [1.54, 1.807) is 0 Å². The summed E-state index contributed by atoms with van der Waals surface area (Å²) in [4.78, 5) is 0. The lowest BCUT2D eigenvalue weighted by atomic mass is 10.0. The molecule has 1 aliphatic rings. The molecule has 0 radical (unpaired) electrons. The third-order valence-corrected chi connectivity index (χ3v) is 18.6. The second-order valence-electron chi connectivity index (χ2n) is 14.2. The molecule has 2 aromatic carbocycles. The Hall–Kier alpha value is -1.55. The summed E-state index contributed by atoms with van der Waals surface area (Å²) in [5, 5.41) is 2.65. The summed E-state index contributed by atoms with van der Waals surface area (Å²) >= 11 is 0. The molecule has 0 saturated carbocycles. The van der Waals surface area contributed by atoms with Crippen LogP contribution in [-0.2, 0) is 18.3 Å². The fourth-order valence-electron chi connectivity index (χ4n) is 5.77. The Balaban J connectivity index is 1.89. The summed E-state index contributed by atoms with van der Waals surface area (Å²) in [6.07, 6.45) is 7.67. The van der Waals surface area contributed by atoms with Crippen molar-refractivity contribution in [1.82, 2.24) is 0 Å². The molecule has 0 spiro atoms. The summed E-state index contributed by atoms with van der Waals surface area (Å²) < 4.78 is 26.9. The maximum Gasteiger partial charge on any atom is 0.261 e. The molecule has 0 bridgehead atoms. The van der Waals surface area contributed by atoms with Crippen molar-refractivity contribution in [2.24, 2.45) is 0 Å². The predicted molar refractivity (Wildman–Crippen MR) is 178 cm³/mol. The van der Waals surface area contributed by atoms with Crippen molar-refractivity contribution in [2.45, 2.75) is 115 Å². The zero-order chi connectivity index (χ0) is 30.2. The predicted octanol–water partition coefficient (Wildman–Crippen LogP) is 8.22. The maximum atomic E-state index is 7.38. The monoisotopic (exact) mass is 596 g/mol. The van der Waals surface area contributed by atoms with E-state index in [1.807, 2.05) is 6.08 Å². The third-order valence-electron chi connectivity index (χ3n) is 9.03. The van der Waals surface area contributed by atoms with Gasteiger partial charge in [-0.2, -0.15) is 0 Å². The molecule has 0 aliphatic carbocycles. The van der Waals surface area contributed by atoms with E-state index in [2.05, 4.69) is 122 Å². The van der Waals surface area contributed by atoms with E-state index < -0.39 is 22.4 Å². The van der Waals surface area contributed by atoms with Crippen molar-refractivity contribution in [3.8, 4) is 0 Å². The average Bonchev–Trinajstić information content (AvgIpc) is 3.37. The zero-order valence-corrected chi connectivity index (χ0v) is 29.1. The topological polar surface area (TPSA) is 36.9 Å². The van der Waals surface area contributed by atoms with Gasteiger partial charge in [0, 0.05) is 12.8 Å². The molecule has 1 atom stereocenters. The van der Waals surface area contributed by atoms with Gasteiger partial charge in [0.1, 0.15) is 0 Å². The molecule has 1 fully saturated rings. The van der Waals surface area contributed by atoms with Gasteiger partial charge in [-0.05, 0) is 59.2 Å². The number of hydrogen-bond acceptors (Lipinski definition) is 4. The quantitative estimate of drug-likeness (QED) is 0.118. The molecule has 41 heavy (non-hydrogen) atoms. The van der Waals surface area contributed by atoms with Crippen molar-refractivity contribution >= 4 is 27.0 Å². The van der Waals surface area contributed by atoms with Crippen LogP contribution in [0.4, 0.5) is 0 Å². The molecule has 0 unspecified atom stereocenters. The van der Waals surface area contributed by atoms with E-state index >= 15 is 0 Å². The molecular weight excluding hydrogens is 541 g/mol. The molecule has 4 nitrogen and oxygen atoms in total. The van der Waals surface area contributed by atoms with Crippen LogP contribution in [0.3, 0.4) is 0 Å². The van der Waals surface area contributed by atoms with Gasteiger partial charge in [-0.25, -0.2) is 0 Å². The first-order valence-corrected chi connectivity index (χ1v) is 20.4. The number of allylic oxidation sites excluding steroid dienone is 1. The van der Waals surface area contributed by atoms with Crippen LogP contribution in [0.15, 0.2) is 73.3 Å². The van der Waals surface area contributed by atoms with Crippen LogP contribution in [0.2, 0.25) is 23.2 Å². The first-order chi connectivity index (χ1) is 19.3. The van der Waals surface area contributed by atoms with Crippen LogP contribution in [0.5, 0.6) is 0 Å². The second kappa shape index (κ2) is 14.3. The van der Waals surface area contributed by atoms with Gasteiger partial charge in [0.15, 0.2) is 14.1 Å². The fraction of sp³-hybridized carbons (Fsp3) is 0.600. The molecule has 1 aliphatic heterocycles. The van der Waals surface area contributed by atoms with E-state index in [-0.39, 0.29) is 16.2 Å². The van der Waals surface area contributed by atoms with E-state index in [0.717, 1.165) is 38.5 Å². The van der Waals surface area contributed by atoms with E-state index in [1.165, 1.54) is 10.4 Å². The van der Waals surface area contributed by atoms with Crippen LogP contribution in [0.25, 0.3) is 0 Å². The minimum absolute atomic E-state index is 0.00386. The molecule has 3 rings (SSSR count). The first-order valence-electron chi connectivity index (χ1n) is 15.6.